The van der Waals surface area contributed by atoms with Crippen molar-refractivity contribution < 1.29 is 4.74 Å². The lowest BCUT2D eigenvalue weighted by Crippen LogP contribution is -2.16. The molecule has 0 aliphatic rings. The summed E-state index contributed by atoms with van der Waals surface area (Å²) in [7, 11) is 4.21. The van der Waals surface area contributed by atoms with Gasteiger partial charge in [0, 0.05) is 6.54 Å². The minimum atomic E-state index is 0.488. The van der Waals surface area contributed by atoms with Crippen molar-refractivity contribution in [1.29, 1.82) is 0 Å². The van der Waals surface area contributed by atoms with Crippen LogP contribution in [0.25, 0.3) is 11.0 Å². The molecule has 1 heterocycles. The fraction of sp³-hybridized carbons (Fsp3) is 0.350. The highest BCUT2D eigenvalue weighted by Gasteiger charge is 2.11. The van der Waals surface area contributed by atoms with Gasteiger partial charge in [0.15, 0.2) is 0 Å². The van der Waals surface area contributed by atoms with Gasteiger partial charge in [0.2, 0.25) is 0 Å². The quantitative estimate of drug-likeness (QED) is 0.661. The molecular formula is C20H25N3O. The number of nitrogens with zero attached hydrogens (tertiary/aromatic N) is 3. The van der Waals surface area contributed by atoms with Crippen molar-refractivity contribution >= 4 is 11.0 Å². The zero-order valence-corrected chi connectivity index (χ0v) is 14.7. The van der Waals surface area contributed by atoms with Crippen LogP contribution in [0.5, 0.6) is 5.75 Å². The van der Waals surface area contributed by atoms with Gasteiger partial charge in [-0.05, 0) is 57.7 Å². The Kier molecular flexibility index (Phi) is 5.16. The Hall–Kier alpha value is -2.33. The van der Waals surface area contributed by atoms with Crippen LogP contribution in [-0.2, 0) is 13.2 Å². The molecule has 0 atom stereocenters. The number of ether oxygens (including phenoxy) is 1. The molecule has 4 nitrogen and oxygen atoms in total. The van der Waals surface area contributed by atoms with Crippen LogP contribution in [0.15, 0.2) is 48.5 Å². The maximum absolute atomic E-state index is 6.03. The Bertz CT molecular complexity index is 808. The highest BCUT2D eigenvalue weighted by Crippen LogP contribution is 2.21. The number of rotatable bonds is 7. The molecule has 0 aliphatic heterocycles. The maximum Gasteiger partial charge on any atom is 0.147 e. The molecule has 2 aromatic carbocycles. The Morgan fingerprint density at radius 1 is 1.04 bits per heavy atom. The van der Waals surface area contributed by atoms with Crippen molar-refractivity contribution in [2.45, 2.75) is 26.5 Å². The Labute approximate surface area is 143 Å². The zero-order chi connectivity index (χ0) is 16.9. The number of benzene rings is 2. The van der Waals surface area contributed by atoms with E-state index in [1.54, 1.807) is 0 Å². The fourth-order valence-electron chi connectivity index (χ4n) is 2.89. The topological polar surface area (TPSA) is 30.3 Å². The van der Waals surface area contributed by atoms with Gasteiger partial charge in [-0.3, -0.25) is 0 Å². The molecule has 0 amide bonds. The van der Waals surface area contributed by atoms with E-state index >= 15 is 0 Å². The van der Waals surface area contributed by atoms with Crippen molar-refractivity contribution in [3.8, 4) is 5.75 Å². The van der Waals surface area contributed by atoms with Crippen LogP contribution in [0.1, 0.15) is 17.8 Å². The van der Waals surface area contributed by atoms with Gasteiger partial charge in [0.05, 0.1) is 11.0 Å². The molecule has 3 aromatic rings. The summed E-state index contributed by atoms with van der Waals surface area (Å²) in [6.45, 7) is 4.56. The number of fused-ring (bicyclic) bond motifs is 1. The first-order valence-corrected chi connectivity index (χ1v) is 8.42. The predicted octanol–water partition coefficient (Wildman–Crippen LogP) is 3.88. The van der Waals surface area contributed by atoms with Crippen molar-refractivity contribution in [2.24, 2.45) is 0 Å². The minimum absolute atomic E-state index is 0.488. The second-order valence-electron chi connectivity index (χ2n) is 6.38. The van der Waals surface area contributed by atoms with E-state index in [2.05, 4.69) is 54.8 Å². The minimum Gasteiger partial charge on any atom is -0.485 e. The predicted molar refractivity (Wildman–Crippen MR) is 98.4 cm³/mol. The Morgan fingerprint density at radius 3 is 2.58 bits per heavy atom. The van der Waals surface area contributed by atoms with E-state index < -0.39 is 0 Å². The van der Waals surface area contributed by atoms with Crippen molar-refractivity contribution in [2.75, 3.05) is 20.6 Å². The molecule has 0 fully saturated rings. The lowest BCUT2D eigenvalue weighted by atomic mass is 10.2. The number of aryl methyl sites for hydroxylation is 2. The lowest BCUT2D eigenvalue weighted by molar-refractivity contribution is 0.286. The molecule has 0 aliphatic carbocycles. The summed E-state index contributed by atoms with van der Waals surface area (Å²) in [5.74, 6) is 1.91. The second-order valence-corrected chi connectivity index (χ2v) is 6.38. The summed E-state index contributed by atoms with van der Waals surface area (Å²) in [6.07, 6.45) is 1.09. The number of hydrogen-bond acceptors (Lipinski definition) is 3. The molecule has 0 unspecified atom stereocenters. The van der Waals surface area contributed by atoms with Crippen LogP contribution >= 0.6 is 0 Å². The molecule has 4 heteroatoms. The third-order valence-electron chi connectivity index (χ3n) is 4.17. The standard InChI is InChI=1S/C20H25N3O/c1-16-9-4-7-12-19(16)24-15-20-21-17-10-5-6-11-18(17)23(20)14-8-13-22(2)3/h4-7,9-12H,8,13-15H2,1-3H3. The van der Waals surface area contributed by atoms with Crippen LogP contribution in [0.2, 0.25) is 0 Å². The molecule has 24 heavy (non-hydrogen) atoms. The van der Waals surface area contributed by atoms with Gasteiger partial charge in [-0.25, -0.2) is 4.98 Å². The molecule has 1 aromatic heterocycles. The largest absolute Gasteiger partial charge is 0.485 e. The molecule has 3 rings (SSSR count). The zero-order valence-electron chi connectivity index (χ0n) is 14.7. The van der Waals surface area contributed by atoms with Gasteiger partial charge in [-0.2, -0.15) is 0 Å². The van der Waals surface area contributed by atoms with Crippen molar-refractivity contribution in [1.82, 2.24) is 14.5 Å². The molecule has 0 radical (unpaired) electrons. The highest BCUT2D eigenvalue weighted by molar-refractivity contribution is 5.75. The maximum atomic E-state index is 6.03. The van der Waals surface area contributed by atoms with E-state index in [0.29, 0.717) is 6.61 Å². The summed E-state index contributed by atoms with van der Waals surface area (Å²) in [6, 6.07) is 16.4. The third kappa shape index (κ3) is 3.77. The summed E-state index contributed by atoms with van der Waals surface area (Å²) in [5, 5.41) is 0. The van der Waals surface area contributed by atoms with Crippen LogP contribution in [0, 0.1) is 6.92 Å². The molecule has 126 valence electrons. The SMILES string of the molecule is Cc1ccccc1OCc1nc2ccccc2n1CCCN(C)C. The van der Waals surface area contributed by atoms with Gasteiger partial charge in [0.25, 0.3) is 0 Å². The number of imidazole rings is 1. The first-order chi connectivity index (χ1) is 11.6. The van der Waals surface area contributed by atoms with Gasteiger partial charge in [0.1, 0.15) is 18.2 Å². The number of para-hydroxylation sites is 3. The van der Waals surface area contributed by atoms with Gasteiger partial charge < -0.3 is 14.2 Å². The molecule has 0 saturated heterocycles. The van der Waals surface area contributed by atoms with E-state index in [-0.39, 0.29) is 0 Å². The van der Waals surface area contributed by atoms with Crippen LogP contribution in [0.3, 0.4) is 0 Å². The van der Waals surface area contributed by atoms with Gasteiger partial charge in [-0.1, -0.05) is 30.3 Å². The molecular weight excluding hydrogens is 298 g/mol. The van der Waals surface area contributed by atoms with Crippen LogP contribution in [-0.4, -0.2) is 35.1 Å². The summed E-state index contributed by atoms with van der Waals surface area (Å²) in [4.78, 5) is 6.99. The van der Waals surface area contributed by atoms with Crippen molar-refractivity contribution in [3.63, 3.8) is 0 Å². The first-order valence-electron chi connectivity index (χ1n) is 8.42. The Balaban J connectivity index is 1.82. The van der Waals surface area contributed by atoms with E-state index in [1.807, 2.05) is 24.3 Å². The molecule has 0 N–H and O–H groups in total. The molecule has 0 spiro atoms. The summed E-state index contributed by atoms with van der Waals surface area (Å²) >= 11 is 0. The van der Waals surface area contributed by atoms with E-state index in [4.69, 9.17) is 9.72 Å². The van der Waals surface area contributed by atoms with Crippen LogP contribution < -0.4 is 4.74 Å². The average molecular weight is 323 g/mol. The van der Waals surface area contributed by atoms with Crippen molar-refractivity contribution in [3.05, 3.63) is 59.9 Å². The smallest absolute Gasteiger partial charge is 0.147 e. The van der Waals surface area contributed by atoms with Gasteiger partial charge >= 0.3 is 0 Å². The lowest BCUT2D eigenvalue weighted by Gasteiger charge is -2.13. The number of aromatic nitrogens is 2. The first kappa shape index (κ1) is 16.5. The normalized spacial score (nSPS) is 11.3. The van der Waals surface area contributed by atoms with E-state index in [1.165, 1.54) is 5.52 Å². The Morgan fingerprint density at radius 2 is 1.79 bits per heavy atom. The average Bonchev–Trinajstić information content (AvgIpc) is 2.92. The molecule has 0 bridgehead atoms. The van der Waals surface area contributed by atoms with Crippen LogP contribution in [0.4, 0.5) is 0 Å². The summed E-state index contributed by atoms with van der Waals surface area (Å²) in [5.41, 5.74) is 3.36. The second kappa shape index (κ2) is 7.49. The van der Waals surface area contributed by atoms with E-state index in [9.17, 15) is 0 Å². The number of hydrogen-bond donors (Lipinski definition) is 0. The van der Waals surface area contributed by atoms with E-state index in [0.717, 1.165) is 42.2 Å². The summed E-state index contributed by atoms with van der Waals surface area (Å²) < 4.78 is 8.32. The van der Waals surface area contributed by atoms with Gasteiger partial charge in [-0.15, -0.1) is 0 Å². The highest BCUT2D eigenvalue weighted by atomic mass is 16.5. The monoisotopic (exact) mass is 323 g/mol. The third-order valence-corrected chi connectivity index (χ3v) is 4.17. The molecule has 0 saturated carbocycles. The fourth-order valence-corrected chi connectivity index (χ4v) is 2.89.